The lowest BCUT2D eigenvalue weighted by atomic mass is 10.0. The van der Waals surface area contributed by atoms with Crippen LogP contribution < -0.4 is 11.1 Å². The van der Waals surface area contributed by atoms with Gasteiger partial charge in [-0.25, -0.2) is 4.79 Å². The third-order valence-corrected chi connectivity index (χ3v) is 3.05. The second-order valence-corrected chi connectivity index (χ2v) is 5.86. The number of carbonyl (C=O) groups excluding carboxylic acids is 1. The Balaban J connectivity index is 2.73. The molecule has 1 rings (SSSR count). The Bertz CT molecular complexity index is 526. The summed E-state index contributed by atoms with van der Waals surface area (Å²) in [5.41, 5.74) is 6.78. The minimum atomic E-state index is -1.03. The van der Waals surface area contributed by atoms with Gasteiger partial charge in [-0.2, -0.15) is 0 Å². The third kappa shape index (κ3) is 5.91. The summed E-state index contributed by atoms with van der Waals surface area (Å²) in [6, 6.07) is 5.90. The van der Waals surface area contributed by atoms with Crippen molar-refractivity contribution in [2.24, 2.45) is 11.7 Å². The second-order valence-electron chi connectivity index (χ2n) is 5.33. The smallest absolute Gasteiger partial charge is 0.326 e. The van der Waals surface area contributed by atoms with Gasteiger partial charge in [0.2, 0.25) is 0 Å². The van der Waals surface area contributed by atoms with Gasteiger partial charge >= 0.3 is 5.97 Å². The van der Waals surface area contributed by atoms with Gasteiger partial charge in [0.15, 0.2) is 0 Å². The highest BCUT2D eigenvalue weighted by atomic mass is 32.1. The fourth-order valence-corrected chi connectivity index (χ4v) is 2.08. The molecule has 1 amide bonds. The van der Waals surface area contributed by atoms with E-state index in [1.165, 1.54) is 0 Å². The highest BCUT2D eigenvalue weighted by Crippen LogP contribution is 2.09. The van der Waals surface area contributed by atoms with E-state index < -0.39 is 17.9 Å². The summed E-state index contributed by atoms with van der Waals surface area (Å²) < 4.78 is 0. The molecule has 5 nitrogen and oxygen atoms in total. The van der Waals surface area contributed by atoms with Gasteiger partial charge in [0, 0.05) is 12.0 Å². The van der Waals surface area contributed by atoms with E-state index in [1.807, 2.05) is 13.8 Å². The molecule has 0 aliphatic heterocycles. The van der Waals surface area contributed by atoms with Crippen LogP contribution in [0.4, 0.5) is 0 Å². The maximum atomic E-state index is 12.0. The van der Waals surface area contributed by atoms with Crippen molar-refractivity contribution >= 4 is 29.1 Å². The molecule has 1 aromatic rings. The van der Waals surface area contributed by atoms with E-state index in [9.17, 15) is 9.59 Å². The Hall–Kier alpha value is -1.95. The lowest BCUT2D eigenvalue weighted by Crippen LogP contribution is -2.41. The zero-order chi connectivity index (χ0) is 16.0. The molecule has 0 aliphatic carbocycles. The van der Waals surface area contributed by atoms with E-state index in [2.05, 4.69) is 5.32 Å². The largest absolute Gasteiger partial charge is 0.480 e. The van der Waals surface area contributed by atoms with E-state index in [-0.39, 0.29) is 5.92 Å². The van der Waals surface area contributed by atoms with Crippen LogP contribution in [0.5, 0.6) is 0 Å². The SMILES string of the molecule is CC(C)CC(NC(=O)c1ccc(CC(N)=S)cc1)C(=O)O. The molecule has 0 aliphatic rings. The molecule has 0 fully saturated rings. The van der Waals surface area contributed by atoms with E-state index in [1.54, 1.807) is 24.3 Å². The van der Waals surface area contributed by atoms with E-state index in [0.29, 0.717) is 23.4 Å². The molecule has 0 saturated carbocycles. The van der Waals surface area contributed by atoms with Gasteiger partial charge in [-0.1, -0.05) is 38.2 Å². The number of benzene rings is 1. The van der Waals surface area contributed by atoms with Crippen LogP contribution in [0.3, 0.4) is 0 Å². The maximum absolute atomic E-state index is 12.0. The molecule has 21 heavy (non-hydrogen) atoms. The fraction of sp³-hybridized carbons (Fsp3) is 0.400. The van der Waals surface area contributed by atoms with Crippen molar-refractivity contribution in [3.05, 3.63) is 35.4 Å². The Morgan fingerprint density at radius 2 is 1.86 bits per heavy atom. The third-order valence-electron chi connectivity index (χ3n) is 2.91. The molecule has 6 heteroatoms. The standard InChI is InChI=1S/C15H20N2O3S/c1-9(2)7-12(15(19)20)17-14(18)11-5-3-10(4-6-11)8-13(16)21/h3-6,9,12H,7-8H2,1-2H3,(H2,16,21)(H,17,18)(H,19,20). The van der Waals surface area contributed by atoms with Crippen molar-refractivity contribution < 1.29 is 14.7 Å². The summed E-state index contributed by atoms with van der Waals surface area (Å²) in [5, 5.41) is 11.7. The summed E-state index contributed by atoms with van der Waals surface area (Å²) in [7, 11) is 0. The van der Waals surface area contributed by atoms with E-state index in [4.69, 9.17) is 23.1 Å². The Labute approximate surface area is 129 Å². The molecule has 1 unspecified atom stereocenters. The van der Waals surface area contributed by atoms with Crippen LogP contribution in [-0.4, -0.2) is 28.0 Å². The van der Waals surface area contributed by atoms with Crippen LogP contribution in [0.1, 0.15) is 36.2 Å². The zero-order valence-corrected chi connectivity index (χ0v) is 12.9. The van der Waals surface area contributed by atoms with Gasteiger partial charge in [-0.3, -0.25) is 4.79 Å². The van der Waals surface area contributed by atoms with Gasteiger partial charge in [0.25, 0.3) is 5.91 Å². The minimum absolute atomic E-state index is 0.180. The number of thiocarbonyl (C=S) groups is 1. The fourth-order valence-electron chi connectivity index (χ4n) is 1.91. The molecule has 114 valence electrons. The number of carboxylic acid groups (broad SMARTS) is 1. The van der Waals surface area contributed by atoms with Crippen LogP contribution in [0.2, 0.25) is 0 Å². The number of carboxylic acids is 1. The molecule has 0 heterocycles. The van der Waals surface area contributed by atoms with Crippen molar-refractivity contribution in [2.45, 2.75) is 32.7 Å². The van der Waals surface area contributed by atoms with Crippen LogP contribution >= 0.6 is 12.2 Å². The Morgan fingerprint density at radius 3 is 2.29 bits per heavy atom. The first kappa shape index (κ1) is 17.1. The molecule has 4 N–H and O–H groups in total. The summed E-state index contributed by atoms with van der Waals surface area (Å²) in [6.07, 6.45) is 0.864. The van der Waals surface area contributed by atoms with Gasteiger partial charge < -0.3 is 16.2 Å². The number of nitrogens with two attached hydrogens (primary N) is 1. The van der Waals surface area contributed by atoms with E-state index in [0.717, 1.165) is 5.56 Å². The van der Waals surface area contributed by atoms with Crippen molar-refractivity contribution in [3.63, 3.8) is 0 Å². The number of hydrogen-bond acceptors (Lipinski definition) is 3. The number of rotatable bonds is 7. The Morgan fingerprint density at radius 1 is 1.29 bits per heavy atom. The molecule has 0 aromatic heterocycles. The van der Waals surface area contributed by atoms with Gasteiger partial charge in [-0.15, -0.1) is 0 Å². The first-order valence-corrected chi connectivity index (χ1v) is 7.11. The molecule has 0 spiro atoms. The van der Waals surface area contributed by atoms with Crippen LogP contribution in [0.15, 0.2) is 24.3 Å². The number of nitrogens with one attached hydrogen (secondary N) is 1. The molecular formula is C15H20N2O3S. The predicted molar refractivity (Wildman–Crippen MR) is 85.3 cm³/mol. The second kappa shape index (κ2) is 7.73. The van der Waals surface area contributed by atoms with E-state index >= 15 is 0 Å². The highest BCUT2D eigenvalue weighted by Gasteiger charge is 2.21. The molecule has 1 aromatic carbocycles. The summed E-state index contributed by atoms with van der Waals surface area (Å²) >= 11 is 4.82. The molecule has 0 radical (unpaired) electrons. The first-order chi connectivity index (χ1) is 9.79. The quantitative estimate of drug-likeness (QED) is 0.667. The average Bonchev–Trinajstić information content (AvgIpc) is 2.37. The number of aliphatic carboxylic acids is 1. The topological polar surface area (TPSA) is 92.4 Å². The monoisotopic (exact) mass is 308 g/mol. The Kier molecular flexibility index (Phi) is 6.30. The lowest BCUT2D eigenvalue weighted by Gasteiger charge is -2.16. The minimum Gasteiger partial charge on any atom is -0.480 e. The highest BCUT2D eigenvalue weighted by molar-refractivity contribution is 7.80. The van der Waals surface area contributed by atoms with Crippen LogP contribution in [0.25, 0.3) is 0 Å². The van der Waals surface area contributed by atoms with Crippen LogP contribution in [-0.2, 0) is 11.2 Å². The number of amides is 1. The molecular weight excluding hydrogens is 288 g/mol. The van der Waals surface area contributed by atoms with Crippen molar-refractivity contribution in [2.75, 3.05) is 0 Å². The van der Waals surface area contributed by atoms with Gasteiger partial charge in [-0.05, 0) is 30.0 Å². The van der Waals surface area contributed by atoms with Gasteiger partial charge in [0.05, 0.1) is 4.99 Å². The maximum Gasteiger partial charge on any atom is 0.326 e. The van der Waals surface area contributed by atoms with Crippen molar-refractivity contribution in [3.8, 4) is 0 Å². The molecule has 1 atom stereocenters. The lowest BCUT2D eigenvalue weighted by molar-refractivity contribution is -0.139. The molecule has 0 bridgehead atoms. The number of carbonyl (C=O) groups is 2. The first-order valence-electron chi connectivity index (χ1n) is 6.70. The van der Waals surface area contributed by atoms with Crippen molar-refractivity contribution in [1.29, 1.82) is 0 Å². The zero-order valence-electron chi connectivity index (χ0n) is 12.1. The van der Waals surface area contributed by atoms with Crippen LogP contribution in [0, 0.1) is 5.92 Å². The summed E-state index contributed by atoms with van der Waals surface area (Å²) in [6.45, 7) is 3.82. The van der Waals surface area contributed by atoms with Crippen molar-refractivity contribution in [1.82, 2.24) is 5.32 Å². The van der Waals surface area contributed by atoms with Gasteiger partial charge in [0.1, 0.15) is 6.04 Å². The normalized spacial score (nSPS) is 12.0. The average molecular weight is 308 g/mol. The summed E-state index contributed by atoms with van der Waals surface area (Å²) in [4.78, 5) is 23.6. The molecule has 0 saturated heterocycles. The predicted octanol–water partition coefficient (Wildman–Crippen LogP) is 1.74. The number of hydrogen-bond donors (Lipinski definition) is 3. The summed E-state index contributed by atoms with van der Waals surface area (Å²) in [5.74, 6) is -1.24.